The average molecular weight is 340 g/mol. The van der Waals surface area contributed by atoms with Crippen molar-refractivity contribution in [2.24, 2.45) is 0 Å². The number of thiocarbonyl (C=S) groups is 1. The molecule has 2 N–H and O–H groups in total. The molecule has 0 aliphatic carbocycles. The molecule has 1 heterocycles. The van der Waals surface area contributed by atoms with Crippen LogP contribution in [0.5, 0.6) is 5.75 Å². The molecule has 0 atom stereocenters. The lowest BCUT2D eigenvalue weighted by Gasteiger charge is -2.18. The van der Waals surface area contributed by atoms with Gasteiger partial charge in [0.05, 0.1) is 6.10 Å². The first kappa shape index (κ1) is 16.1. The molecule has 24 heavy (non-hydrogen) atoms. The van der Waals surface area contributed by atoms with Crippen LogP contribution in [0.2, 0.25) is 0 Å². The van der Waals surface area contributed by atoms with Crippen LogP contribution in [0.1, 0.15) is 19.4 Å². The minimum Gasteiger partial charge on any atom is -0.490 e. The van der Waals surface area contributed by atoms with Crippen LogP contribution in [0.4, 0.5) is 0 Å². The summed E-state index contributed by atoms with van der Waals surface area (Å²) in [5, 5.41) is 6.79. The number of benzene rings is 2. The largest absolute Gasteiger partial charge is 0.490 e. The molecule has 6 heteroatoms. The topological polar surface area (TPSA) is 67.4 Å². The predicted molar refractivity (Wildman–Crippen MR) is 96.6 cm³/mol. The van der Waals surface area contributed by atoms with Gasteiger partial charge in [-0.2, -0.15) is 0 Å². The molecule has 2 amide bonds. The lowest BCUT2D eigenvalue weighted by atomic mass is 10.00. The summed E-state index contributed by atoms with van der Waals surface area (Å²) in [5.41, 5.74) is 0.684. The molecule has 0 radical (unpaired) electrons. The molecular weight excluding hydrogens is 324 g/mol. The summed E-state index contributed by atoms with van der Waals surface area (Å²) in [5.74, 6) is -0.427. The van der Waals surface area contributed by atoms with Gasteiger partial charge in [-0.25, -0.2) is 0 Å². The van der Waals surface area contributed by atoms with E-state index in [1.54, 1.807) is 6.08 Å². The van der Waals surface area contributed by atoms with Crippen LogP contribution in [0, 0.1) is 0 Å². The van der Waals surface area contributed by atoms with E-state index in [4.69, 9.17) is 17.0 Å². The fraction of sp³-hybridized carbons (Fsp3) is 0.167. The molecule has 122 valence electrons. The number of hydrogen-bond donors (Lipinski definition) is 2. The van der Waals surface area contributed by atoms with E-state index in [-0.39, 0.29) is 16.8 Å². The van der Waals surface area contributed by atoms with Crippen molar-refractivity contribution in [2.45, 2.75) is 20.0 Å². The zero-order valence-electron chi connectivity index (χ0n) is 13.3. The SMILES string of the molecule is CC(C)Oc1ccc2ccccc2c1C=C1C(=O)NC(=S)NC1=O. The Morgan fingerprint density at radius 1 is 1.04 bits per heavy atom. The van der Waals surface area contributed by atoms with E-state index in [1.807, 2.05) is 50.2 Å². The van der Waals surface area contributed by atoms with E-state index in [9.17, 15) is 9.59 Å². The van der Waals surface area contributed by atoms with E-state index in [1.165, 1.54) is 0 Å². The number of hydrogen-bond acceptors (Lipinski definition) is 4. The molecular formula is C18H16N2O3S. The Labute approximate surface area is 144 Å². The van der Waals surface area contributed by atoms with Crippen LogP contribution in [0.3, 0.4) is 0 Å². The maximum absolute atomic E-state index is 12.1. The monoisotopic (exact) mass is 340 g/mol. The fourth-order valence-corrected chi connectivity index (χ4v) is 2.72. The van der Waals surface area contributed by atoms with Gasteiger partial charge in [-0.15, -0.1) is 0 Å². The molecule has 1 fully saturated rings. The average Bonchev–Trinajstić information content (AvgIpc) is 2.51. The quantitative estimate of drug-likeness (QED) is 0.512. The third kappa shape index (κ3) is 3.14. The molecule has 0 bridgehead atoms. The van der Waals surface area contributed by atoms with E-state index < -0.39 is 11.8 Å². The highest BCUT2D eigenvalue weighted by molar-refractivity contribution is 7.80. The van der Waals surface area contributed by atoms with Crippen molar-refractivity contribution < 1.29 is 14.3 Å². The highest BCUT2D eigenvalue weighted by atomic mass is 32.1. The number of fused-ring (bicyclic) bond motifs is 1. The van der Waals surface area contributed by atoms with Crippen molar-refractivity contribution >= 4 is 46.0 Å². The first-order chi connectivity index (χ1) is 11.5. The van der Waals surface area contributed by atoms with Crippen LogP contribution in [0.25, 0.3) is 16.8 Å². The summed E-state index contributed by atoms with van der Waals surface area (Å²) in [6, 6.07) is 11.5. The second-order valence-corrected chi connectivity index (χ2v) is 6.07. The third-order valence-electron chi connectivity index (χ3n) is 3.53. The Balaban J connectivity index is 2.19. The molecule has 1 saturated heterocycles. The van der Waals surface area contributed by atoms with Gasteiger partial charge in [0.2, 0.25) is 0 Å². The highest BCUT2D eigenvalue weighted by Gasteiger charge is 2.26. The zero-order chi connectivity index (χ0) is 17.3. The molecule has 3 rings (SSSR count). The molecule has 0 saturated carbocycles. The number of rotatable bonds is 3. The van der Waals surface area contributed by atoms with Crippen molar-refractivity contribution in [2.75, 3.05) is 0 Å². The van der Waals surface area contributed by atoms with Gasteiger partial charge in [0.1, 0.15) is 11.3 Å². The van der Waals surface area contributed by atoms with E-state index in [0.717, 1.165) is 10.8 Å². The Bertz CT molecular complexity index is 865. The Hall–Kier alpha value is -2.73. The zero-order valence-corrected chi connectivity index (χ0v) is 14.1. The summed E-state index contributed by atoms with van der Waals surface area (Å²) in [7, 11) is 0. The van der Waals surface area contributed by atoms with Gasteiger partial charge in [-0.3, -0.25) is 20.2 Å². The van der Waals surface area contributed by atoms with E-state index >= 15 is 0 Å². The van der Waals surface area contributed by atoms with E-state index in [2.05, 4.69) is 10.6 Å². The predicted octanol–water partition coefficient (Wildman–Crippen LogP) is 2.54. The minimum atomic E-state index is -0.521. The van der Waals surface area contributed by atoms with Crippen LogP contribution >= 0.6 is 12.2 Å². The number of ether oxygens (including phenoxy) is 1. The van der Waals surface area contributed by atoms with Crippen molar-refractivity contribution in [1.82, 2.24) is 10.6 Å². The summed E-state index contributed by atoms with van der Waals surface area (Å²) >= 11 is 4.82. The lowest BCUT2D eigenvalue weighted by molar-refractivity contribution is -0.123. The van der Waals surface area contributed by atoms with Crippen LogP contribution in [-0.2, 0) is 9.59 Å². The smallest absolute Gasteiger partial charge is 0.263 e. The van der Waals surface area contributed by atoms with Gasteiger partial charge in [-0.1, -0.05) is 30.3 Å². The second kappa shape index (κ2) is 6.41. The Morgan fingerprint density at radius 2 is 1.71 bits per heavy atom. The van der Waals surface area contributed by atoms with Crippen LogP contribution < -0.4 is 15.4 Å². The van der Waals surface area contributed by atoms with Gasteiger partial charge in [0.15, 0.2) is 5.11 Å². The first-order valence-corrected chi connectivity index (χ1v) is 7.93. The summed E-state index contributed by atoms with van der Waals surface area (Å²) in [6.45, 7) is 3.84. The molecule has 0 unspecified atom stereocenters. The van der Waals surface area contributed by atoms with Crippen LogP contribution in [0.15, 0.2) is 42.0 Å². The molecule has 2 aromatic rings. The van der Waals surface area contributed by atoms with Gasteiger partial charge in [0, 0.05) is 5.56 Å². The standard InChI is InChI=1S/C18H16N2O3S/c1-10(2)23-15-8-7-11-5-3-4-6-12(11)13(15)9-14-16(21)19-18(24)20-17(14)22/h3-10H,1-2H3,(H2,19,20,21,22,24). The van der Waals surface area contributed by atoms with Crippen molar-refractivity contribution in [1.29, 1.82) is 0 Å². The van der Waals surface area contributed by atoms with Crippen molar-refractivity contribution in [3.05, 3.63) is 47.5 Å². The second-order valence-electron chi connectivity index (χ2n) is 5.66. The molecule has 1 aliphatic heterocycles. The van der Waals surface area contributed by atoms with Crippen molar-refractivity contribution in [3.8, 4) is 5.75 Å². The van der Waals surface area contributed by atoms with Gasteiger partial charge >= 0.3 is 0 Å². The molecule has 0 aromatic heterocycles. The van der Waals surface area contributed by atoms with Gasteiger partial charge < -0.3 is 4.74 Å². The number of carbonyl (C=O) groups is 2. The van der Waals surface area contributed by atoms with Gasteiger partial charge in [0.25, 0.3) is 11.8 Å². The summed E-state index contributed by atoms with van der Waals surface area (Å²) in [4.78, 5) is 24.2. The molecule has 5 nitrogen and oxygen atoms in total. The Morgan fingerprint density at radius 3 is 2.38 bits per heavy atom. The Kier molecular flexibility index (Phi) is 4.31. The maximum Gasteiger partial charge on any atom is 0.263 e. The van der Waals surface area contributed by atoms with Crippen LogP contribution in [-0.4, -0.2) is 23.0 Å². The molecule has 1 aliphatic rings. The molecule has 0 spiro atoms. The van der Waals surface area contributed by atoms with Gasteiger partial charge in [-0.05, 0) is 49.0 Å². The van der Waals surface area contributed by atoms with E-state index in [0.29, 0.717) is 11.3 Å². The number of amides is 2. The lowest BCUT2D eigenvalue weighted by Crippen LogP contribution is -2.51. The highest BCUT2D eigenvalue weighted by Crippen LogP contribution is 2.31. The first-order valence-electron chi connectivity index (χ1n) is 7.52. The molecule has 2 aromatic carbocycles. The fourth-order valence-electron chi connectivity index (χ4n) is 2.53. The number of nitrogens with one attached hydrogen (secondary N) is 2. The van der Waals surface area contributed by atoms with Crippen molar-refractivity contribution in [3.63, 3.8) is 0 Å². The minimum absolute atomic E-state index is 0.00596. The third-order valence-corrected chi connectivity index (χ3v) is 3.73. The summed E-state index contributed by atoms with van der Waals surface area (Å²) in [6.07, 6.45) is 1.51. The normalized spacial score (nSPS) is 14.6. The maximum atomic E-state index is 12.1. The number of carbonyl (C=O) groups excluding carboxylic acids is 2. The summed E-state index contributed by atoms with van der Waals surface area (Å²) < 4.78 is 5.85.